The van der Waals surface area contributed by atoms with Crippen LogP contribution in [0.1, 0.15) is 11.1 Å². The van der Waals surface area contributed by atoms with E-state index in [1.807, 2.05) is 6.92 Å². The molecular formula is C22H19FN4O3S2. The van der Waals surface area contributed by atoms with Crippen molar-refractivity contribution in [3.8, 4) is 0 Å². The summed E-state index contributed by atoms with van der Waals surface area (Å²) in [5.74, 6) is -0.338. The molecule has 7 nitrogen and oxygen atoms in total. The van der Waals surface area contributed by atoms with Gasteiger partial charge in [-0.1, -0.05) is 41.2 Å². The lowest BCUT2D eigenvalue weighted by Gasteiger charge is -2.07. The van der Waals surface area contributed by atoms with Crippen molar-refractivity contribution >= 4 is 48.4 Å². The zero-order valence-electron chi connectivity index (χ0n) is 16.9. The molecule has 0 atom stereocenters. The molecule has 164 valence electrons. The van der Waals surface area contributed by atoms with E-state index in [0.717, 1.165) is 15.8 Å². The SMILES string of the molecule is Cc1ccc(S(=O)(=O)Nc2nc3cc(NC(=O)NCc4ccc(F)cc4)ccc3s2)cc1. The summed E-state index contributed by atoms with van der Waals surface area (Å²) in [4.78, 5) is 16.6. The Labute approximate surface area is 188 Å². The molecule has 2 amide bonds. The Morgan fingerprint density at radius 1 is 1.03 bits per heavy atom. The van der Waals surface area contributed by atoms with Gasteiger partial charge >= 0.3 is 6.03 Å². The van der Waals surface area contributed by atoms with Crippen molar-refractivity contribution in [1.29, 1.82) is 0 Å². The summed E-state index contributed by atoms with van der Waals surface area (Å²) in [5, 5.41) is 5.63. The number of hydrogen-bond acceptors (Lipinski definition) is 5. The lowest BCUT2D eigenvalue weighted by Crippen LogP contribution is -2.28. The zero-order chi connectivity index (χ0) is 22.7. The van der Waals surface area contributed by atoms with Gasteiger partial charge in [-0.3, -0.25) is 4.72 Å². The predicted molar refractivity (Wildman–Crippen MR) is 124 cm³/mol. The van der Waals surface area contributed by atoms with Crippen molar-refractivity contribution in [2.24, 2.45) is 0 Å². The van der Waals surface area contributed by atoms with Crippen LogP contribution in [0.15, 0.2) is 71.6 Å². The Bertz CT molecular complexity index is 1370. The van der Waals surface area contributed by atoms with Crippen LogP contribution in [0.3, 0.4) is 0 Å². The van der Waals surface area contributed by atoms with E-state index in [0.29, 0.717) is 11.2 Å². The van der Waals surface area contributed by atoms with Gasteiger partial charge in [0.2, 0.25) is 0 Å². The van der Waals surface area contributed by atoms with Gasteiger partial charge in [0, 0.05) is 12.2 Å². The van der Waals surface area contributed by atoms with Gasteiger partial charge in [-0.25, -0.2) is 22.6 Å². The fourth-order valence-electron chi connectivity index (χ4n) is 2.90. The monoisotopic (exact) mass is 470 g/mol. The van der Waals surface area contributed by atoms with E-state index in [9.17, 15) is 17.6 Å². The Kier molecular flexibility index (Phi) is 6.06. The second kappa shape index (κ2) is 8.93. The number of aryl methyl sites for hydroxylation is 1. The first kappa shape index (κ1) is 21.7. The van der Waals surface area contributed by atoms with Crippen LogP contribution in [0.25, 0.3) is 10.2 Å². The maximum absolute atomic E-state index is 13.0. The fraction of sp³-hybridized carbons (Fsp3) is 0.0909. The number of carbonyl (C=O) groups is 1. The maximum Gasteiger partial charge on any atom is 0.319 e. The van der Waals surface area contributed by atoms with Gasteiger partial charge in [0.25, 0.3) is 10.0 Å². The second-order valence-electron chi connectivity index (χ2n) is 7.05. The Morgan fingerprint density at radius 3 is 2.47 bits per heavy atom. The summed E-state index contributed by atoms with van der Waals surface area (Å²) in [6.07, 6.45) is 0. The largest absolute Gasteiger partial charge is 0.334 e. The number of fused-ring (bicyclic) bond motifs is 1. The van der Waals surface area contributed by atoms with Crippen molar-refractivity contribution in [3.05, 3.63) is 83.7 Å². The highest BCUT2D eigenvalue weighted by molar-refractivity contribution is 7.93. The molecule has 4 rings (SSSR count). The standard InChI is InChI=1S/C22H19FN4O3S2/c1-14-2-9-18(10-3-14)32(29,30)27-22-26-19-12-17(8-11-20(19)31-22)25-21(28)24-13-15-4-6-16(23)7-5-15/h2-12H,13H2,1H3,(H,26,27)(H2,24,25,28). The maximum atomic E-state index is 13.0. The van der Waals surface area contributed by atoms with Gasteiger partial charge in [-0.15, -0.1) is 0 Å². The molecule has 1 heterocycles. The molecule has 0 bridgehead atoms. The third-order valence-corrected chi connectivity index (χ3v) is 7.00. The van der Waals surface area contributed by atoms with E-state index in [-0.39, 0.29) is 22.4 Å². The number of benzene rings is 3. The summed E-state index contributed by atoms with van der Waals surface area (Å²) in [5.41, 5.74) is 2.79. The zero-order valence-corrected chi connectivity index (χ0v) is 18.6. The molecule has 0 fully saturated rings. The van der Waals surface area contributed by atoms with E-state index in [4.69, 9.17) is 0 Å². The summed E-state index contributed by atoms with van der Waals surface area (Å²) in [7, 11) is -3.75. The number of halogens is 1. The minimum Gasteiger partial charge on any atom is -0.334 e. The van der Waals surface area contributed by atoms with Gasteiger partial charge in [-0.2, -0.15) is 0 Å². The molecule has 0 unspecified atom stereocenters. The van der Waals surface area contributed by atoms with Crippen LogP contribution in [0.4, 0.5) is 20.0 Å². The average Bonchev–Trinajstić information content (AvgIpc) is 3.14. The average molecular weight is 471 g/mol. The number of amides is 2. The number of urea groups is 1. The van der Waals surface area contributed by atoms with E-state index in [1.54, 1.807) is 42.5 Å². The van der Waals surface area contributed by atoms with Crippen LogP contribution in [0, 0.1) is 12.7 Å². The molecule has 0 saturated heterocycles. The van der Waals surface area contributed by atoms with Crippen molar-refractivity contribution in [3.63, 3.8) is 0 Å². The molecule has 0 aliphatic heterocycles. The van der Waals surface area contributed by atoms with Gasteiger partial charge in [-0.05, 0) is 55.0 Å². The van der Waals surface area contributed by atoms with Crippen LogP contribution in [-0.2, 0) is 16.6 Å². The van der Waals surface area contributed by atoms with E-state index < -0.39 is 16.1 Å². The number of anilines is 2. The van der Waals surface area contributed by atoms with Gasteiger partial charge in [0.15, 0.2) is 5.13 Å². The molecule has 0 radical (unpaired) electrons. The third kappa shape index (κ3) is 5.21. The molecule has 1 aromatic heterocycles. The predicted octanol–water partition coefficient (Wildman–Crippen LogP) is 4.87. The minimum atomic E-state index is -3.75. The van der Waals surface area contributed by atoms with E-state index in [1.165, 1.54) is 35.6 Å². The number of carbonyl (C=O) groups excluding carboxylic acids is 1. The molecule has 0 aliphatic carbocycles. The summed E-state index contributed by atoms with van der Waals surface area (Å²) in [6.45, 7) is 2.13. The summed E-state index contributed by atoms with van der Waals surface area (Å²) in [6, 6.07) is 17.1. The number of rotatable bonds is 6. The molecule has 0 spiro atoms. The van der Waals surface area contributed by atoms with Crippen molar-refractivity contribution in [2.45, 2.75) is 18.4 Å². The molecule has 0 aliphatic rings. The smallest absolute Gasteiger partial charge is 0.319 e. The Hall–Kier alpha value is -3.50. The molecule has 0 saturated carbocycles. The Morgan fingerprint density at radius 2 is 1.75 bits per heavy atom. The number of sulfonamides is 1. The molecule has 4 aromatic rings. The van der Waals surface area contributed by atoms with E-state index >= 15 is 0 Å². The number of aromatic nitrogens is 1. The first-order valence-electron chi connectivity index (χ1n) is 9.58. The second-order valence-corrected chi connectivity index (χ2v) is 9.77. The number of nitrogens with zero attached hydrogens (tertiary/aromatic N) is 1. The summed E-state index contributed by atoms with van der Waals surface area (Å²) >= 11 is 1.20. The molecule has 3 N–H and O–H groups in total. The lowest BCUT2D eigenvalue weighted by atomic mass is 10.2. The molecule has 32 heavy (non-hydrogen) atoms. The molecule has 10 heteroatoms. The van der Waals surface area contributed by atoms with Crippen molar-refractivity contribution in [2.75, 3.05) is 10.0 Å². The van der Waals surface area contributed by atoms with Crippen LogP contribution in [0.2, 0.25) is 0 Å². The highest BCUT2D eigenvalue weighted by atomic mass is 32.2. The normalized spacial score (nSPS) is 11.3. The highest BCUT2D eigenvalue weighted by Gasteiger charge is 2.16. The topological polar surface area (TPSA) is 100 Å². The number of thiazole rings is 1. The first-order valence-corrected chi connectivity index (χ1v) is 11.9. The van der Waals surface area contributed by atoms with Gasteiger partial charge in [0.05, 0.1) is 15.1 Å². The van der Waals surface area contributed by atoms with Gasteiger partial charge in [0.1, 0.15) is 5.82 Å². The van der Waals surface area contributed by atoms with Crippen molar-refractivity contribution < 1.29 is 17.6 Å². The number of hydrogen-bond donors (Lipinski definition) is 3. The molecule has 3 aromatic carbocycles. The quantitative estimate of drug-likeness (QED) is 0.374. The summed E-state index contributed by atoms with van der Waals surface area (Å²) < 4.78 is 41.4. The van der Waals surface area contributed by atoms with Crippen LogP contribution in [-0.4, -0.2) is 19.4 Å². The molecular weight excluding hydrogens is 451 g/mol. The van der Waals surface area contributed by atoms with Crippen LogP contribution in [0.5, 0.6) is 0 Å². The highest BCUT2D eigenvalue weighted by Crippen LogP contribution is 2.29. The Balaban J connectivity index is 1.42. The number of nitrogens with one attached hydrogen (secondary N) is 3. The minimum absolute atomic E-state index is 0.155. The van der Waals surface area contributed by atoms with E-state index in [2.05, 4.69) is 20.3 Å². The lowest BCUT2D eigenvalue weighted by molar-refractivity contribution is 0.251. The third-order valence-electron chi connectivity index (χ3n) is 4.56. The van der Waals surface area contributed by atoms with Crippen molar-refractivity contribution in [1.82, 2.24) is 10.3 Å². The van der Waals surface area contributed by atoms with Crippen LogP contribution >= 0.6 is 11.3 Å². The van der Waals surface area contributed by atoms with Gasteiger partial charge < -0.3 is 10.6 Å². The fourth-order valence-corrected chi connectivity index (χ4v) is 4.98. The first-order chi connectivity index (χ1) is 15.3. The van der Waals surface area contributed by atoms with Crippen LogP contribution < -0.4 is 15.4 Å².